The maximum atomic E-state index is 12.0. The molecule has 0 aliphatic carbocycles. The molecule has 4 rings (SSSR count). The van der Waals surface area contributed by atoms with Crippen LogP contribution in [0.1, 0.15) is 0 Å². The number of hydrogen-bond acceptors (Lipinski definition) is 3. The molecule has 0 bridgehead atoms. The van der Waals surface area contributed by atoms with Crippen molar-refractivity contribution >= 4 is 27.3 Å². The van der Waals surface area contributed by atoms with E-state index in [0.29, 0.717) is 11.5 Å². The number of carbonyl (C=O) groups is 1. The van der Waals surface area contributed by atoms with Crippen LogP contribution >= 0.6 is 0 Å². The molecule has 0 saturated heterocycles. The average Bonchev–Trinajstić information content (AvgIpc) is 2.74. The third-order valence-corrected chi connectivity index (χ3v) is 4.35. The Labute approximate surface area is 163 Å². The van der Waals surface area contributed by atoms with E-state index in [0.717, 1.165) is 21.5 Å². The normalized spacial score (nSPS) is 11.4. The summed E-state index contributed by atoms with van der Waals surface area (Å²) in [5.41, 5.74) is 0. The summed E-state index contributed by atoms with van der Waals surface area (Å²) in [5.74, 6) is 1.19. The lowest BCUT2D eigenvalue weighted by molar-refractivity contribution is -0.110. The third kappa shape index (κ3) is 3.94. The summed E-state index contributed by atoms with van der Waals surface area (Å²) >= 11 is 0. The van der Waals surface area contributed by atoms with E-state index in [1.54, 1.807) is 0 Å². The zero-order chi connectivity index (χ0) is 19.2. The minimum Gasteiger partial charge on any atom is -0.464 e. The molecule has 3 heteroatoms. The highest BCUT2D eigenvalue weighted by atomic mass is 16.5. The van der Waals surface area contributed by atoms with Gasteiger partial charge in [-0.2, -0.15) is 0 Å². The molecular formula is C25H18O3. The number of carbonyl (C=O) groups excluding carboxylic acids is 1. The number of ketones is 1. The predicted octanol–water partition coefficient (Wildman–Crippen LogP) is 6.05. The molecule has 0 N–H and O–H groups in total. The number of rotatable bonds is 6. The molecule has 0 saturated carbocycles. The van der Waals surface area contributed by atoms with Gasteiger partial charge in [0, 0.05) is 22.9 Å². The molecule has 3 nitrogen and oxygen atoms in total. The summed E-state index contributed by atoms with van der Waals surface area (Å²) in [6.07, 6.45) is 5.52. The van der Waals surface area contributed by atoms with E-state index in [9.17, 15) is 4.79 Å². The number of ether oxygens (including phenoxy) is 2. The van der Waals surface area contributed by atoms with Crippen LogP contribution < -0.4 is 9.47 Å². The van der Waals surface area contributed by atoms with Gasteiger partial charge in [-0.15, -0.1) is 0 Å². The lowest BCUT2D eigenvalue weighted by Crippen LogP contribution is -1.91. The topological polar surface area (TPSA) is 35.5 Å². The second-order valence-electron chi connectivity index (χ2n) is 6.20. The van der Waals surface area contributed by atoms with Crippen molar-refractivity contribution in [3.05, 3.63) is 110 Å². The van der Waals surface area contributed by atoms with Gasteiger partial charge in [0.2, 0.25) is 0 Å². The number of fused-ring (bicyclic) bond motifs is 2. The fourth-order valence-electron chi connectivity index (χ4n) is 3.00. The number of hydrogen-bond donors (Lipinski definition) is 0. The Kier molecular flexibility index (Phi) is 5.16. The molecule has 0 heterocycles. The predicted molar refractivity (Wildman–Crippen MR) is 112 cm³/mol. The molecule has 4 aromatic carbocycles. The Morgan fingerprint density at radius 2 is 1.00 bits per heavy atom. The number of allylic oxidation sites excluding steroid dienone is 2. The summed E-state index contributed by atoms with van der Waals surface area (Å²) < 4.78 is 11.3. The Morgan fingerprint density at radius 1 is 0.571 bits per heavy atom. The van der Waals surface area contributed by atoms with Gasteiger partial charge in [-0.3, -0.25) is 4.79 Å². The summed E-state index contributed by atoms with van der Waals surface area (Å²) in [4.78, 5) is 12.0. The maximum Gasteiger partial charge on any atom is 0.184 e. The van der Waals surface area contributed by atoms with E-state index in [2.05, 4.69) is 0 Å². The molecule has 0 aliphatic rings. The molecule has 4 aromatic rings. The molecule has 0 radical (unpaired) electrons. The van der Waals surface area contributed by atoms with E-state index in [1.807, 2.05) is 84.9 Å². The van der Waals surface area contributed by atoms with E-state index in [4.69, 9.17) is 9.47 Å². The van der Waals surface area contributed by atoms with Crippen LogP contribution in [-0.2, 0) is 4.79 Å². The van der Waals surface area contributed by atoms with Crippen molar-refractivity contribution in [3.63, 3.8) is 0 Å². The van der Waals surface area contributed by atoms with Crippen LogP contribution in [0.2, 0.25) is 0 Å². The number of benzene rings is 4. The van der Waals surface area contributed by atoms with Crippen molar-refractivity contribution in [2.75, 3.05) is 0 Å². The molecule has 28 heavy (non-hydrogen) atoms. The van der Waals surface area contributed by atoms with Gasteiger partial charge in [0.15, 0.2) is 5.78 Å². The summed E-state index contributed by atoms with van der Waals surface area (Å²) in [6, 6.07) is 27.5. The SMILES string of the molecule is O=C(C=COc1cccc2ccccc12)C=COc1cccc2ccccc12. The summed E-state index contributed by atoms with van der Waals surface area (Å²) in [5, 5.41) is 4.17. The lowest BCUT2D eigenvalue weighted by Gasteiger charge is -2.05. The molecule has 0 spiro atoms. The van der Waals surface area contributed by atoms with Gasteiger partial charge >= 0.3 is 0 Å². The van der Waals surface area contributed by atoms with Crippen LogP contribution in [0, 0.1) is 0 Å². The molecule has 0 fully saturated rings. The first-order chi connectivity index (χ1) is 13.8. The van der Waals surface area contributed by atoms with Crippen LogP contribution in [-0.4, -0.2) is 5.78 Å². The van der Waals surface area contributed by atoms with Crippen LogP contribution in [0.15, 0.2) is 110 Å². The van der Waals surface area contributed by atoms with E-state index in [-0.39, 0.29) is 5.78 Å². The largest absolute Gasteiger partial charge is 0.464 e. The Bertz CT molecular complexity index is 1080. The quantitative estimate of drug-likeness (QED) is 0.308. The van der Waals surface area contributed by atoms with Crippen LogP contribution in [0.5, 0.6) is 11.5 Å². The molecule has 0 unspecified atom stereocenters. The van der Waals surface area contributed by atoms with Crippen molar-refractivity contribution in [3.8, 4) is 11.5 Å². The maximum absolute atomic E-state index is 12.0. The molecule has 0 amide bonds. The Balaban J connectivity index is 1.40. The van der Waals surface area contributed by atoms with Crippen LogP contribution in [0.4, 0.5) is 0 Å². The van der Waals surface area contributed by atoms with Crippen molar-refractivity contribution in [2.24, 2.45) is 0 Å². The zero-order valence-corrected chi connectivity index (χ0v) is 15.1. The van der Waals surface area contributed by atoms with Gasteiger partial charge in [-0.05, 0) is 22.9 Å². The lowest BCUT2D eigenvalue weighted by atomic mass is 10.1. The molecular weight excluding hydrogens is 348 g/mol. The second kappa shape index (κ2) is 8.23. The first kappa shape index (κ1) is 17.6. The van der Waals surface area contributed by atoms with Crippen LogP contribution in [0.25, 0.3) is 21.5 Å². The van der Waals surface area contributed by atoms with Crippen molar-refractivity contribution < 1.29 is 14.3 Å². The van der Waals surface area contributed by atoms with E-state index < -0.39 is 0 Å². The minimum atomic E-state index is -0.222. The Morgan fingerprint density at radius 3 is 1.50 bits per heavy atom. The second-order valence-corrected chi connectivity index (χ2v) is 6.20. The van der Waals surface area contributed by atoms with Crippen LogP contribution in [0.3, 0.4) is 0 Å². The standard InChI is InChI=1S/C25H18O3/c26-21(15-17-27-24-13-5-9-19-7-1-3-11-22(19)24)16-18-28-25-14-6-10-20-8-2-4-12-23(20)25/h1-18H. The monoisotopic (exact) mass is 366 g/mol. The minimum absolute atomic E-state index is 0.222. The van der Waals surface area contributed by atoms with Gasteiger partial charge in [-0.25, -0.2) is 0 Å². The van der Waals surface area contributed by atoms with Gasteiger partial charge in [0.1, 0.15) is 11.5 Å². The summed E-state index contributed by atoms with van der Waals surface area (Å²) in [6.45, 7) is 0. The fourth-order valence-corrected chi connectivity index (χ4v) is 3.00. The fraction of sp³-hybridized carbons (Fsp3) is 0. The average molecular weight is 366 g/mol. The molecule has 0 atom stereocenters. The van der Waals surface area contributed by atoms with Crippen molar-refractivity contribution in [2.45, 2.75) is 0 Å². The Hall–Kier alpha value is -3.85. The van der Waals surface area contributed by atoms with Crippen molar-refractivity contribution in [1.82, 2.24) is 0 Å². The van der Waals surface area contributed by atoms with Gasteiger partial charge < -0.3 is 9.47 Å². The van der Waals surface area contributed by atoms with Gasteiger partial charge in [0.25, 0.3) is 0 Å². The highest BCUT2D eigenvalue weighted by Crippen LogP contribution is 2.26. The van der Waals surface area contributed by atoms with E-state index in [1.165, 1.54) is 24.7 Å². The zero-order valence-electron chi connectivity index (χ0n) is 15.1. The van der Waals surface area contributed by atoms with Gasteiger partial charge in [-0.1, -0.05) is 72.8 Å². The summed E-state index contributed by atoms with van der Waals surface area (Å²) in [7, 11) is 0. The highest BCUT2D eigenvalue weighted by molar-refractivity contribution is 5.99. The van der Waals surface area contributed by atoms with Gasteiger partial charge in [0.05, 0.1) is 12.5 Å². The highest BCUT2D eigenvalue weighted by Gasteiger charge is 2.01. The molecule has 0 aromatic heterocycles. The first-order valence-corrected chi connectivity index (χ1v) is 8.97. The third-order valence-electron chi connectivity index (χ3n) is 4.35. The molecule has 0 aliphatic heterocycles. The molecule has 136 valence electrons. The van der Waals surface area contributed by atoms with Crippen molar-refractivity contribution in [1.29, 1.82) is 0 Å². The first-order valence-electron chi connectivity index (χ1n) is 8.97. The van der Waals surface area contributed by atoms with E-state index >= 15 is 0 Å². The smallest absolute Gasteiger partial charge is 0.184 e.